The Hall–Kier alpha value is 0.887. The minimum absolute atomic E-state index is 0.153. The minimum atomic E-state index is -0.153. The SMILES string of the molecule is C=CCSCCC[Si]C(Cl)Cl. The highest BCUT2D eigenvalue weighted by Gasteiger charge is 1.98. The number of rotatable bonds is 7. The summed E-state index contributed by atoms with van der Waals surface area (Å²) in [4.78, 5) is 0. The molecule has 2 radical (unpaired) electrons. The molecule has 0 saturated carbocycles. The lowest BCUT2D eigenvalue weighted by molar-refractivity contribution is 1.09. The van der Waals surface area contributed by atoms with Gasteiger partial charge in [0.05, 0.1) is 14.0 Å². The molecular weight excluding hydrogens is 215 g/mol. The second kappa shape index (κ2) is 8.98. The molecule has 0 rings (SSSR count). The van der Waals surface area contributed by atoms with Crippen molar-refractivity contribution in [3.05, 3.63) is 12.7 Å². The highest BCUT2D eigenvalue weighted by molar-refractivity contribution is 7.99. The van der Waals surface area contributed by atoms with Crippen molar-refractivity contribution in [3.63, 3.8) is 0 Å². The molecule has 0 aliphatic heterocycles. The van der Waals surface area contributed by atoms with Gasteiger partial charge in [0.25, 0.3) is 0 Å². The molecule has 0 heterocycles. The van der Waals surface area contributed by atoms with E-state index < -0.39 is 0 Å². The van der Waals surface area contributed by atoms with Crippen LogP contribution in [0.5, 0.6) is 0 Å². The largest absolute Gasteiger partial charge is 0.158 e. The van der Waals surface area contributed by atoms with Gasteiger partial charge in [-0.2, -0.15) is 11.8 Å². The molecule has 0 bridgehead atoms. The average Bonchev–Trinajstić information content (AvgIpc) is 1.96. The van der Waals surface area contributed by atoms with Crippen LogP contribution in [0.15, 0.2) is 12.7 Å². The minimum Gasteiger partial charge on any atom is -0.158 e. The van der Waals surface area contributed by atoms with Crippen molar-refractivity contribution < 1.29 is 0 Å². The second-order valence-corrected chi connectivity index (χ2v) is 6.44. The fraction of sp³-hybridized carbons (Fsp3) is 0.714. The maximum absolute atomic E-state index is 5.57. The average molecular weight is 227 g/mol. The van der Waals surface area contributed by atoms with Crippen LogP contribution in [0, 0.1) is 0 Å². The lowest BCUT2D eigenvalue weighted by Gasteiger charge is -1.98. The van der Waals surface area contributed by atoms with E-state index in [2.05, 4.69) is 6.58 Å². The topological polar surface area (TPSA) is 0 Å². The van der Waals surface area contributed by atoms with Gasteiger partial charge < -0.3 is 0 Å². The molecule has 4 heteroatoms. The van der Waals surface area contributed by atoms with Crippen LogP contribution in [0.1, 0.15) is 6.42 Å². The third-order valence-corrected chi connectivity index (χ3v) is 3.93. The van der Waals surface area contributed by atoms with Crippen molar-refractivity contribution >= 4 is 44.5 Å². The second-order valence-electron chi connectivity index (χ2n) is 1.97. The number of thioether (sulfide) groups is 1. The van der Waals surface area contributed by atoms with Crippen molar-refractivity contribution in [1.82, 2.24) is 0 Å². The summed E-state index contributed by atoms with van der Waals surface area (Å²) in [6, 6.07) is 1.15. The lowest BCUT2D eigenvalue weighted by atomic mass is 10.6. The molecule has 0 fully saturated rings. The maximum atomic E-state index is 5.57. The lowest BCUT2D eigenvalue weighted by Crippen LogP contribution is -2.00. The van der Waals surface area contributed by atoms with Gasteiger partial charge in [-0.3, -0.25) is 0 Å². The molecule has 0 aliphatic rings. The smallest absolute Gasteiger partial charge is 0.0929 e. The molecule has 0 saturated heterocycles. The molecule has 0 amide bonds. The van der Waals surface area contributed by atoms with Crippen molar-refractivity contribution in [2.75, 3.05) is 11.5 Å². The predicted molar refractivity (Wildman–Crippen MR) is 58.2 cm³/mol. The fourth-order valence-electron chi connectivity index (χ4n) is 0.552. The molecule has 0 nitrogen and oxygen atoms in total. The van der Waals surface area contributed by atoms with Crippen LogP contribution in [-0.2, 0) is 0 Å². The summed E-state index contributed by atoms with van der Waals surface area (Å²) in [7, 11) is 0.692. The van der Waals surface area contributed by atoms with Crippen LogP contribution in [0.4, 0.5) is 0 Å². The highest BCUT2D eigenvalue weighted by atomic mass is 35.5. The predicted octanol–water partition coefficient (Wildman–Crippen LogP) is 3.18. The van der Waals surface area contributed by atoms with Gasteiger partial charge in [0.2, 0.25) is 0 Å². The number of hydrogen-bond donors (Lipinski definition) is 0. The Kier molecular flexibility index (Phi) is 9.70. The van der Waals surface area contributed by atoms with E-state index in [4.69, 9.17) is 23.2 Å². The summed E-state index contributed by atoms with van der Waals surface area (Å²) in [5, 5.41) is 0. The molecule has 0 aromatic heterocycles. The number of halogens is 2. The summed E-state index contributed by atoms with van der Waals surface area (Å²) in [6.45, 7) is 3.65. The maximum Gasteiger partial charge on any atom is 0.0929 e. The van der Waals surface area contributed by atoms with Crippen molar-refractivity contribution in [2.24, 2.45) is 0 Å². The monoisotopic (exact) mass is 226 g/mol. The van der Waals surface area contributed by atoms with Gasteiger partial charge in [-0.15, -0.1) is 29.8 Å². The van der Waals surface area contributed by atoms with Crippen LogP contribution >= 0.6 is 35.0 Å². The molecule has 0 N–H and O–H groups in total. The van der Waals surface area contributed by atoms with Crippen molar-refractivity contribution in [3.8, 4) is 0 Å². The summed E-state index contributed by atoms with van der Waals surface area (Å²) in [6.07, 6.45) is 3.14. The molecule has 11 heavy (non-hydrogen) atoms. The normalized spacial score (nSPS) is 10.5. The van der Waals surface area contributed by atoms with E-state index in [-0.39, 0.29) is 4.46 Å². The quantitative estimate of drug-likeness (QED) is 0.278. The number of alkyl halides is 2. The Labute approximate surface area is 85.5 Å². The first-order valence-corrected chi connectivity index (χ1v) is 6.78. The van der Waals surface area contributed by atoms with Crippen LogP contribution < -0.4 is 0 Å². The molecular formula is C7H12Cl2SSi. The fourth-order valence-corrected chi connectivity index (χ4v) is 2.74. The van der Waals surface area contributed by atoms with Gasteiger partial charge in [-0.25, -0.2) is 0 Å². The van der Waals surface area contributed by atoms with Crippen LogP contribution in [0.2, 0.25) is 6.04 Å². The molecule has 0 atom stereocenters. The third-order valence-electron chi connectivity index (χ3n) is 1.000. The Morgan fingerprint density at radius 3 is 2.82 bits per heavy atom. The van der Waals surface area contributed by atoms with E-state index in [0.717, 1.165) is 11.8 Å². The van der Waals surface area contributed by atoms with Gasteiger partial charge in [0.1, 0.15) is 0 Å². The Bertz CT molecular complexity index is 98.4. The standard InChI is InChI=1S/C7H12Cl2SSi/c1-2-4-10-5-3-6-11-7(8)9/h2,7H,1,3-6H2. The molecule has 0 spiro atoms. The van der Waals surface area contributed by atoms with Gasteiger partial charge in [0, 0.05) is 5.75 Å². The van der Waals surface area contributed by atoms with E-state index in [1.165, 1.54) is 12.2 Å². The zero-order valence-corrected chi connectivity index (χ0v) is 9.68. The molecule has 0 aromatic carbocycles. The first-order valence-electron chi connectivity index (χ1n) is 3.47. The Morgan fingerprint density at radius 1 is 1.55 bits per heavy atom. The van der Waals surface area contributed by atoms with Gasteiger partial charge >= 0.3 is 0 Å². The molecule has 0 aliphatic carbocycles. The van der Waals surface area contributed by atoms with E-state index in [9.17, 15) is 0 Å². The summed E-state index contributed by atoms with van der Waals surface area (Å²) >= 11 is 13.1. The van der Waals surface area contributed by atoms with E-state index >= 15 is 0 Å². The van der Waals surface area contributed by atoms with Crippen LogP contribution in [-0.4, -0.2) is 25.5 Å². The zero-order chi connectivity index (χ0) is 8.53. The van der Waals surface area contributed by atoms with E-state index in [1.54, 1.807) is 0 Å². The van der Waals surface area contributed by atoms with Gasteiger partial charge in [0.15, 0.2) is 0 Å². The first-order chi connectivity index (χ1) is 5.27. The Morgan fingerprint density at radius 2 is 2.27 bits per heavy atom. The molecule has 0 unspecified atom stereocenters. The van der Waals surface area contributed by atoms with Crippen molar-refractivity contribution in [1.29, 1.82) is 0 Å². The molecule has 64 valence electrons. The Balaban J connectivity index is 2.85. The number of hydrogen-bond acceptors (Lipinski definition) is 1. The van der Waals surface area contributed by atoms with E-state index in [1.807, 2.05) is 17.8 Å². The van der Waals surface area contributed by atoms with E-state index in [0.29, 0.717) is 9.52 Å². The van der Waals surface area contributed by atoms with Crippen molar-refractivity contribution in [2.45, 2.75) is 16.9 Å². The van der Waals surface area contributed by atoms with Crippen LogP contribution in [0.25, 0.3) is 0 Å². The van der Waals surface area contributed by atoms with Crippen LogP contribution in [0.3, 0.4) is 0 Å². The first kappa shape index (κ1) is 11.9. The molecule has 0 aromatic rings. The zero-order valence-electron chi connectivity index (χ0n) is 6.35. The summed E-state index contributed by atoms with van der Waals surface area (Å²) in [5.41, 5.74) is 0. The summed E-state index contributed by atoms with van der Waals surface area (Å²) < 4.78 is -0.153. The van der Waals surface area contributed by atoms with Gasteiger partial charge in [-0.1, -0.05) is 12.1 Å². The summed E-state index contributed by atoms with van der Waals surface area (Å²) in [5.74, 6) is 2.24. The highest BCUT2D eigenvalue weighted by Crippen LogP contribution is 2.07. The van der Waals surface area contributed by atoms with Gasteiger partial charge in [-0.05, 0) is 12.2 Å². The third kappa shape index (κ3) is 10.9.